The molecule has 0 bridgehead atoms. The van der Waals surface area contributed by atoms with Gasteiger partial charge in [0.1, 0.15) is 6.04 Å². The Labute approximate surface area is 218 Å². The van der Waals surface area contributed by atoms with Crippen molar-refractivity contribution in [2.24, 2.45) is 0 Å². The number of amides is 2. The number of carbonyl (C=O) groups is 2. The molecule has 0 aliphatic carbocycles. The van der Waals surface area contributed by atoms with Gasteiger partial charge in [-0.05, 0) is 49.1 Å². The molecule has 0 unspecified atom stereocenters. The number of rotatable bonds is 10. The lowest BCUT2D eigenvalue weighted by molar-refractivity contribution is -0.141. The minimum absolute atomic E-state index is 0.00561. The molecule has 0 radical (unpaired) electrons. The highest BCUT2D eigenvalue weighted by Gasteiger charge is 2.31. The first-order chi connectivity index (χ1) is 16.8. The van der Waals surface area contributed by atoms with Crippen molar-refractivity contribution < 1.29 is 9.59 Å². The molecule has 0 aliphatic rings. The smallest absolute Gasteiger partial charge is 0.243 e. The van der Waals surface area contributed by atoms with Crippen molar-refractivity contribution in [2.45, 2.75) is 58.7 Å². The van der Waals surface area contributed by atoms with E-state index in [9.17, 15) is 9.59 Å². The summed E-state index contributed by atoms with van der Waals surface area (Å²) in [5.41, 5.74) is 3.74. The Hall–Kier alpha value is -2.82. The number of benzene rings is 3. The molecule has 184 valence electrons. The highest BCUT2D eigenvalue weighted by molar-refractivity contribution is 6.35. The number of nitrogens with one attached hydrogen (secondary N) is 1. The van der Waals surface area contributed by atoms with E-state index in [2.05, 4.69) is 5.32 Å². The van der Waals surface area contributed by atoms with Crippen LogP contribution in [0.1, 0.15) is 42.5 Å². The summed E-state index contributed by atoms with van der Waals surface area (Å²) in [6.45, 7) is 6.19. The molecule has 4 nitrogen and oxygen atoms in total. The number of halogens is 2. The molecule has 3 aromatic rings. The fourth-order valence-corrected chi connectivity index (χ4v) is 4.28. The lowest BCUT2D eigenvalue weighted by atomic mass is 10.0. The van der Waals surface area contributed by atoms with E-state index < -0.39 is 6.04 Å². The van der Waals surface area contributed by atoms with Crippen molar-refractivity contribution >= 4 is 35.0 Å². The summed E-state index contributed by atoms with van der Waals surface area (Å²) in [6.07, 6.45) is 1.38. The second-order valence-corrected chi connectivity index (χ2v) is 9.79. The maximum atomic E-state index is 13.7. The molecule has 1 N–H and O–H groups in total. The van der Waals surface area contributed by atoms with Crippen molar-refractivity contribution in [3.8, 4) is 0 Å². The lowest BCUT2D eigenvalue weighted by Crippen LogP contribution is -2.52. The van der Waals surface area contributed by atoms with Gasteiger partial charge in [0.25, 0.3) is 0 Å². The van der Waals surface area contributed by atoms with Crippen LogP contribution in [0.2, 0.25) is 10.0 Å². The van der Waals surface area contributed by atoms with Crippen molar-refractivity contribution in [1.82, 2.24) is 10.2 Å². The molecule has 35 heavy (non-hydrogen) atoms. The number of hydrogen-bond donors (Lipinski definition) is 1. The van der Waals surface area contributed by atoms with Crippen molar-refractivity contribution in [2.75, 3.05) is 0 Å². The van der Waals surface area contributed by atoms with Crippen molar-refractivity contribution in [3.63, 3.8) is 0 Å². The number of carbonyl (C=O) groups excluding carboxylic acids is 2. The molecule has 0 saturated heterocycles. The molecule has 0 aliphatic heterocycles. The normalized spacial score (nSPS) is 12.6. The largest absolute Gasteiger partial charge is 0.352 e. The van der Waals surface area contributed by atoms with Gasteiger partial charge in [0.2, 0.25) is 11.8 Å². The summed E-state index contributed by atoms with van der Waals surface area (Å²) in [5, 5.41) is 4.06. The van der Waals surface area contributed by atoms with Gasteiger partial charge in [-0.15, -0.1) is 0 Å². The monoisotopic (exact) mass is 510 g/mol. The third-order valence-corrected chi connectivity index (χ3v) is 6.69. The Morgan fingerprint density at radius 3 is 2.26 bits per heavy atom. The maximum absolute atomic E-state index is 13.7. The first-order valence-electron chi connectivity index (χ1n) is 11.9. The first-order valence-corrected chi connectivity index (χ1v) is 12.7. The van der Waals surface area contributed by atoms with E-state index in [1.165, 1.54) is 0 Å². The van der Waals surface area contributed by atoms with Gasteiger partial charge in [0, 0.05) is 29.1 Å². The quantitative estimate of drug-likeness (QED) is 0.343. The summed E-state index contributed by atoms with van der Waals surface area (Å²) >= 11 is 12.6. The fraction of sp³-hybridized carbons (Fsp3) is 0.310. The minimum atomic E-state index is -0.698. The van der Waals surface area contributed by atoms with Gasteiger partial charge in [-0.2, -0.15) is 0 Å². The number of hydrogen-bond acceptors (Lipinski definition) is 2. The molecule has 6 heteroatoms. The van der Waals surface area contributed by atoms with Crippen LogP contribution >= 0.6 is 23.2 Å². The van der Waals surface area contributed by atoms with Crippen LogP contribution in [0.4, 0.5) is 0 Å². The van der Waals surface area contributed by atoms with E-state index in [1.807, 2.05) is 81.4 Å². The lowest BCUT2D eigenvalue weighted by Gasteiger charge is -2.32. The van der Waals surface area contributed by atoms with Gasteiger partial charge < -0.3 is 10.2 Å². The molecule has 2 amide bonds. The van der Waals surface area contributed by atoms with Crippen LogP contribution in [0, 0.1) is 6.92 Å². The molecule has 0 spiro atoms. The molecule has 3 aromatic carbocycles. The van der Waals surface area contributed by atoms with Crippen molar-refractivity contribution in [3.05, 3.63) is 105 Å². The van der Waals surface area contributed by atoms with Gasteiger partial charge in [0.05, 0.1) is 6.42 Å². The van der Waals surface area contributed by atoms with Gasteiger partial charge in [-0.3, -0.25) is 9.59 Å². The second-order valence-electron chi connectivity index (χ2n) is 8.94. The van der Waals surface area contributed by atoms with Crippen LogP contribution in [0.3, 0.4) is 0 Å². The average Bonchev–Trinajstić information content (AvgIpc) is 2.84. The molecule has 0 saturated carbocycles. The number of nitrogens with zero attached hydrogens (tertiary/aromatic N) is 1. The summed E-state index contributed by atoms with van der Waals surface area (Å²) in [5.74, 6) is -0.314. The Bertz CT molecular complexity index is 1130. The molecular weight excluding hydrogens is 479 g/mol. The Morgan fingerprint density at radius 1 is 0.943 bits per heavy atom. The third-order valence-electron chi connectivity index (χ3n) is 6.10. The molecule has 3 rings (SSSR count). The summed E-state index contributed by atoms with van der Waals surface area (Å²) in [4.78, 5) is 28.9. The summed E-state index contributed by atoms with van der Waals surface area (Å²) < 4.78 is 0. The van der Waals surface area contributed by atoms with Crippen molar-refractivity contribution in [1.29, 1.82) is 0 Å². The van der Waals surface area contributed by atoms with Gasteiger partial charge in [-0.25, -0.2) is 0 Å². The summed E-state index contributed by atoms with van der Waals surface area (Å²) in [7, 11) is 0. The van der Waals surface area contributed by atoms with E-state index in [0.29, 0.717) is 16.5 Å². The second kappa shape index (κ2) is 12.8. The predicted octanol–water partition coefficient (Wildman–Crippen LogP) is 6.40. The Balaban J connectivity index is 1.99. The average molecular weight is 511 g/mol. The fourth-order valence-electron chi connectivity index (χ4n) is 3.81. The minimum Gasteiger partial charge on any atom is -0.352 e. The van der Waals surface area contributed by atoms with Crippen LogP contribution < -0.4 is 5.32 Å². The van der Waals surface area contributed by atoms with E-state index in [0.717, 1.165) is 28.7 Å². The highest BCUT2D eigenvalue weighted by atomic mass is 35.5. The third kappa shape index (κ3) is 7.84. The SMILES string of the molecule is CC[C@H](C)NC(=O)[C@H](Cc1ccccc1)N(Cc1ccc(Cl)cc1Cl)C(=O)Cc1ccc(C)cc1. The number of aryl methyl sites for hydroxylation is 1. The predicted molar refractivity (Wildman–Crippen MR) is 144 cm³/mol. The summed E-state index contributed by atoms with van der Waals surface area (Å²) in [6, 6.07) is 22.1. The topological polar surface area (TPSA) is 49.4 Å². The first kappa shape index (κ1) is 26.8. The molecular formula is C29H32Cl2N2O2. The van der Waals surface area contributed by atoms with E-state index in [4.69, 9.17) is 23.2 Å². The van der Waals surface area contributed by atoms with Gasteiger partial charge in [0.15, 0.2) is 0 Å². The van der Waals surface area contributed by atoms with Gasteiger partial charge in [-0.1, -0.05) is 96.4 Å². The molecule has 0 aromatic heterocycles. The van der Waals surface area contributed by atoms with Crippen LogP contribution in [-0.4, -0.2) is 28.8 Å². The van der Waals surface area contributed by atoms with Crippen LogP contribution in [-0.2, 0) is 29.0 Å². The molecule has 2 atom stereocenters. The zero-order valence-electron chi connectivity index (χ0n) is 20.4. The standard InChI is InChI=1S/C29H32Cl2N2O2/c1-4-21(3)32-29(35)27(16-22-8-6-5-7-9-22)33(19-24-14-15-25(30)18-26(24)31)28(34)17-23-12-10-20(2)11-13-23/h5-15,18,21,27H,4,16-17,19H2,1-3H3,(H,32,35)/t21-,27-/m0/s1. The Kier molecular flexibility index (Phi) is 9.76. The maximum Gasteiger partial charge on any atom is 0.243 e. The van der Waals surface area contributed by atoms with E-state index in [1.54, 1.807) is 17.0 Å². The highest BCUT2D eigenvalue weighted by Crippen LogP contribution is 2.24. The zero-order chi connectivity index (χ0) is 25.4. The zero-order valence-corrected chi connectivity index (χ0v) is 21.9. The van der Waals surface area contributed by atoms with Crippen LogP contribution in [0.25, 0.3) is 0 Å². The van der Waals surface area contributed by atoms with E-state index >= 15 is 0 Å². The van der Waals surface area contributed by atoms with Crippen LogP contribution in [0.5, 0.6) is 0 Å². The van der Waals surface area contributed by atoms with E-state index in [-0.39, 0.29) is 30.8 Å². The molecule has 0 heterocycles. The Morgan fingerprint density at radius 2 is 1.63 bits per heavy atom. The molecule has 0 fully saturated rings. The van der Waals surface area contributed by atoms with Gasteiger partial charge >= 0.3 is 0 Å². The van der Waals surface area contributed by atoms with Crippen LogP contribution in [0.15, 0.2) is 72.8 Å².